The van der Waals surface area contributed by atoms with Crippen molar-refractivity contribution in [3.8, 4) is 0 Å². The minimum absolute atomic E-state index is 0.881. The molecule has 1 saturated heterocycles. The molecule has 158 valence electrons. The van der Waals surface area contributed by atoms with Crippen LogP contribution in [0.5, 0.6) is 0 Å². The summed E-state index contributed by atoms with van der Waals surface area (Å²) in [5.41, 5.74) is 5.72. The Kier molecular flexibility index (Phi) is 8.66. The molecule has 0 spiro atoms. The van der Waals surface area contributed by atoms with E-state index in [0.717, 1.165) is 24.8 Å². The van der Waals surface area contributed by atoms with Gasteiger partial charge in [0, 0.05) is 19.3 Å². The molecular formula is C25H43N3. The number of likely N-dealkylation sites (tertiary alicyclic amines) is 1. The molecule has 0 unspecified atom stereocenters. The highest BCUT2D eigenvalue weighted by atomic mass is 15.1. The molecule has 3 aliphatic rings. The molecule has 28 heavy (non-hydrogen) atoms. The average Bonchev–Trinajstić information content (AvgIpc) is 3.35. The van der Waals surface area contributed by atoms with Crippen molar-refractivity contribution < 1.29 is 0 Å². The zero-order chi connectivity index (χ0) is 19.8. The lowest BCUT2D eigenvalue weighted by atomic mass is 9.95. The number of nitrogens with one attached hydrogen (secondary N) is 2. The predicted octanol–water partition coefficient (Wildman–Crippen LogP) is 5.03. The van der Waals surface area contributed by atoms with Crippen molar-refractivity contribution in [3.05, 3.63) is 34.6 Å². The van der Waals surface area contributed by atoms with Crippen LogP contribution in [0.2, 0.25) is 0 Å². The molecule has 0 aromatic carbocycles. The summed E-state index contributed by atoms with van der Waals surface area (Å²) in [6.45, 7) is 10.8. The van der Waals surface area contributed by atoms with Gasteiger partial charge < -0.3 is 15.5 Å². The lowest BCUT2D eigenvalue weighted by Gasteiger charge is -2.33. The number of allylic oxidation sites excluding steroid dienone is 4. The third-order valence-electron chi connectivity index (χ3n) is 7.08. The first kappa shape index (κ1) is 21.6. The third-order valence-corrected chi connectivity index (χ3v) is 7.08. The summed E-state index contributed by atoms with van der Waals surface area (Å²) in [4.78, 5) is 2.74. The molecule has 1 saturated carbocycles. The van der Waals surface area contributed by atoms with Gasteiger partial charge in [-0.1, -0.05) is 30.6 Å². The van der Waals surface area contributed by atoms with Crippen LogP contribution >= 0.6 is 0 Å². The van der Waals surface area contributed by atoms with Crippen LogP contribution in [-0.2, 0) is 0 Å². The van der Waals surface area contributed by atoms with E-state index in [1.165, 1.54) is 100.0 Å². The van der Waals surface area contributed by atoms with Crippen LogP contribution in [0, 0.1) is 11.8 Å². The number of nitrogens with zero attached hydrogens (tertiary/aromatic N) is 1. The zero-order valence-electron chi connectivity index (χ0n) is 18.7. The van der Waals surface area contributed by atoms with Gasteiger partial charge in [0.15, 0.2) is 0 Å². The highest BCUT2D eigenvalue weighted by Crippen LogP contribution is 2.28. The fraction of sp³-hybridized carbons (Fsp3) is 0.760. The average molecular weight is 386 g/mol. The molecule has 3 rings (SSSR count). The first-order valence-electron chi connectivity index (χ1n) is 11.8. The molecule has 2 aliphatic carbocycles. The molecular weight excluding hydrogens is 342 g/mol. The quantitative estimate of drug-likeness (QED) is 0.545. The molecule has 0 aromatic rings. The van der Waals surface area contributed by atoms with E-state index in [9.17, 15) is 0 Å². The first-order valence-corrected chi connectivity index (χ1v) is 11.8. The highest BCUT2D eigenvalue weighted by Gasteiger charge is 2.23. The standard InChI is InChI=1S/C25H43N3/c1-20-10-11-24(17-20)25(26-3)21(2)7-6-14-27-18-22-12-15-28(16-13-22)19-23-8-4-5-9-23/h7,17,22-23,26-27H,4-6,8-16,18-19H2,1-3H3/b21-7-,25-24-. The van der Waals surface area contributed by atoms with Gasteiger partial charge in [-0.2, -0.15) is 0 Å². The van der Waals surface area contributed by atoms with E-state index in [0.29, 0.717) is 0 Å². The molecule has 3 nitrogen and oxygen atoms in total. The third kappa shape index (κ3) is 6.49. The summed E-state index contributed by atoms with van der Waals surface area (Å²) in [6, 6.07) is 0. The van der Waals surface area contributed by atoms with Crippen molar-refractivity contribution >= 4 is 0 Å². The van der Waals surface area contributed by atoms with Gasteiger partial charge in [-0.05, 0) is 108 Å². The second-order valence-electron chi connectivity index (χ2n) is 9.42. The highest BCUT2D eigenvalue weighted by molar-refractivity contribution is 5.42. The van der Waals surface area contributed by atoms with Gasteiger partial charge in [-0.25, -0.2) is 0 Å². The summed E-state index contributed by atoms with van der Waals surface area (Å²) < 4.78 is 0. The number of likely N-dealkylation sites (N-methyl/N-ethyl adjacent to an activating group) is 1. The van der Waals surface area contributed by atoms with Crippen LogP contribution in [0.1, 0.15) is 71.6 Å². The van der Waals surface area contributed by atoms with Crippen molar-refractivity contribution in [2.24, 2.45) is 11.8 Å². The van der Waals surface area contributed by atoms with Gasteiger partial charge in [-0.3, -0.25) is 0 Å². The van der Waals surface area contributed by atoms with E-state index in [4.69, 9.17) is 0 Å². The van der Waals surface area contributed by atoms with E-state index in [-0.39, 0.29) is 0 Å². The van der Waals surface area contributed by atoms with Crippen molar-refractivity contribution in [3.63, 3.8) is 0 Å². The minimum Gasteiger partial charge on any atom is -0.388 e. The molecule has 0 radical (unpaired) electrons. The first-order chi connectivity index (χ1) is 13.7. The number of hydrogen-bond acceptors (Lipinski definition) is 3. The Labute approximate surface area is 173 Å². The fourth-order valence-electron chi connectivity index (χ4n) is 5.31. The Bertz CT molecular complexity index is 573. The smallest absolute Gasteiger partial charge is 0.0396 e. The fourth-order valence-corrected chi connectivity index (χ4v) is 5.31. The second-order valence-corrected chi connectivity index (χ2v) is 9.42. The summed E-state index contributed by atoms with van der Waals surface area (Å²) in [5.74, 6) is 1.89. The monoisotopic (exact) mass is 385 g/mol. The molecule has 1 aliphatic heterocycles. The maximum absolute atomic E-state index is 3.72. The molecule has 2 fully saturated rings. The molecule has 1 heterocycles. The number of piperidine rings is 1. The predicted molar refractivity (Wildman–Crippen MR) is 121 cm³/mol. The molecule has 0 aromatic heterocycles. The lowest BCUT2D eigenvalue weighted by molar-refractivity contribution is 0.160. The maximum Gasteiger partial charge on any atom is 0.0396 e. The van der Waals surface area contributed by atoms with E-state index >= 15 is 0 Å². The summed E-state index contributed by atoms with van der Waals surface area (Å²) in [6.07, 6.45) is 17.0. The Morgan fingerprint density at radius 2 is 1.86 bits per heavy atom. The molecule has 0 atom stereocenters. The molecule has 2 N–H and O–H groups in total. The van der Waals surface area contributed by atoms with Crippen LogP contribution in [0.4, 0.5) is 0 Å². The van der Waals surface area contributed by atoms with E-state index in [1.54, 1.807) is 0 Å². The SMILES string of the molecule is CNC(/C(C)=C\CCNCC1CCN(CC2CCCC2)CC1)=C1\C=C(C)CC1. The van der Waals surface area contributed by atoms with E-state index < -0.39 is 0 Å². The van der Waals surface area contributed by atoms with Gasteiger partial charge >= 0.3 is 0 Å². The largest absolute Gasteiger partial charge is 0.388 e. The minimum atomic E-state index is 0.881. The topological polar surface area (TPSA) is 27.3 Å². The van der Waals surface area contributed by atoms with Crippen LogP contribution in [-0.4, -0.2) is 44.7 Å². The van der Waals surface area contributed by atoms with Crippen LogP contribution in [0.25, 0.3) is 0 Å². The van der Waals surface area contributed by atoms with Crippen LogP contribution in [0.3, 0.4) is 0 Å². The summed E-state index contributed by atoms with van der Waals surface area (Å²) >= 11 is 0. The Morgan fingerprint density at radius 3 is 2.50 bits per heavy atom. The van der Waals surface area contributed by atoms with Crippen molar-refractivity contribution in [2.45, 2.75) is 71.6 Å². The molecule has 3 heteroatoms. The van der Waals surface area contributed by atoms with Gasteiger partial charge in [-0.15, -0.1) is 0 Å². The normalized spacial score (nSPS) is 24.7. The Balaban J connectivity index is 1.31. The van der Waals surface area contributed by atoms with Crippen molar-refractivity contribution in [1.29, 1.82) is 0 Å². The van der Waals surface area contributed by atoms with Gasteiger partial charge in [0.05, 0.1) is 0 Å². The zero-order valence-corrected chi connectivity index (χ0v) is 18.7. The van der Waals surface area contributed by atoms with Crippen molar-refractivity contribution in [1.82, 2.24) is 15.5 Å². The van der Waals surface area contributed by atoms with Gasteiger partial charge in [0.25, 0.3) is 0 Å². The van der Waals surface area contributed by atoms with Crippen molar-refractivity contribution in [2.75, 3.05) is 39.8 Å². The Morgan fingerprint density at radius 1 is 1.11 bits per heavy atom. The summed E-state index contributed by atoms with van der Waals surface area (Å²) in [7, 11) is 2.05. The number of rotatable bonds is 9. The van der Waals surface area contributed by atoms with E-state index in [1.807, 2.05) is 0 Å². The van der Waals surface area contributed by atoms with Crippen LogP contribution < -0.4 is 10.6 Å². The van der Waals surface area contributed by atoms with Gasteiger partial charge in [0.2, 0.25) is 0 Å². The maximum atomic E-state index is 3.72. The Hall–Kier alpha value is -1.06. The van der Waals surface area contributed by atoms with Crippen LogP contribution in [0.15, 0.2) is 34.6 Å². The molecule has 0 bridgehead atoms. The molecule has 0 amide bonds. The number of hydrogen-bond donors (Lipinski definition) is 2. The van der Waals surface area contributed by atoms with Gasteiger partial charge in [0.1, 0.15) is 0 Å². The second kappa shape index (κ2) is 11.2. The van der Waals surface area contributed by atoms with E-state index in [2.05, 4.69) is 48.6 Å². The lowest BCUT2D eigenvalue weighted by Crippen LogP contribution is -2.39. The summed E-state index contributed by atoms with van der Waals surface area (Å²) in [5, 5.41) is 7.15.